The van der Waals surface area contributed by atoms with Crippen LogP contribution in [0.3, 0.4) is 0 Å². The number of hydrogen-bond acceptors (Lipinski definition) is 7. The number of nitrogens with two attached hydrogens (primary N) is 3. The third kappa shape index (κ3) is 11.0. The molecule has 188 valence electrons. The van der Waals surface area contributed by atoms with E-state index >= 15 is 0 Å². The predicted octanol–water partition coefficient (Wildman–Crippen LogP) is -2.52. The fraction of sp³-hybridized carbons (Fsp3) is 0.750. The molecule has 4 atom stereocenters. The van der Waals surface area contributed by atoms with E-state index < -0.39 is 35.9 Å². The van der Waals surface area contributed by atoms with Gasteiger partial charge in [0.05, 0.1) is 6.04 Å². The molecule has 33 heavy (non-hydrogen) atoms. The minimum Gasteiger partial charge on any atom is -0.480 e. The van der Waals surface area contributed by atoms with Crippen LogP contribution in [0.1, 0.15) is 51.9 Å². The highest BCUT2D eigenvalue weighted by atomic mass is 16.4. The summed E-state index contributed by atoms with van der Waals surface area (Å²) in [6.45, 7) is 2.89. The van der Waals surface area contributed by atoms with Crippen LogP contribution >= 0.6 is 0 Å². The van der Waals surface area contributed by atoms with Crippen LogP contribution in [0.4, 0.5) is 0 Å². The molecule has 13 nitrogen and oxygen atoms in total. The molecule has 1 heterocycles. The Balaban J connectivity index is 2.65. The molecule has 0 bridgehead atoms. The monoisotopic (exact) mass is 470 g/mol. The van der Waals surface area contributed by atoms with Crippen molar-refractivity contribution in [3.05, 3.63) is 0 Å². The fourth-order valence-corrected chi connectivity index (χ4v) is 3.38. The maximum absolute atomic E-state index is 12.8. The van der Waals surface area contributed by atoms with Gasteiger partial charge in [0.2, 0.25) is 17.7 Å². The molecule has 0 aliphatic carbocycles. The number of aliphatic imine (C=N–C) groups is 1. The molecule has 4 unspecified atom stereocenters. The van der Waals surface area contributed by atoms with Gasteiger partial charge in [-0.05, 0) is 65.0 Å². The highest BCUT2D eigenvalue weighted by Crippen LogP contribution is 2.08. The van der Waals surface area contributed by atoms with E-state index in [0.29, 0.717) is 38.6 Å². The molecule has 0 radical (unpaired) electrons. The largest absolute Gasteiger partial charge is 0.480 e. The number of carbonyl (C=O) groups excluding carboxylic acids is 3. The molecule has 11 N–H and O–H groups in total. The Bertz CT molecular complexity index is 692. The van der Waals surface area contributed by atoms with Gasteiger partial charge in [0.25, 0.3) is 0 Å². The van der Waals surface area contributed by atoms with Crippen LogP contribution in [-0.2, 0) is 19.2 Å². The molecule has 13 heteroatoms. The Morgan fingerprint density at radius 1 is 1.03 bits per heavy atom. The summed E-state index contributed by atoms with van der Waals surface area (Å²) in [7, 11) is 0. The van der Waals surface area contributed by atoms with Gasteiger partial charge in [0.15, 0.2) is 5.96 Å². The topological polar surface area (TPSA) is 227 Å². The Labute approximate surface area is 193 Å². The summed E-state index contributed by atoms with van der Waals surface area (Å²) in [5, 5.41) is 20.2. The molecule has 1 aliphatic rings. The summed E-state index contributed by atoms with van der Waals surface area (Å²) in [6, 6.07) is -3.32. The van der Waals surface area contributed by atoms with Crippen molar-refractivity contribution in [3.8, 4) is 0 Å². The van der Waals surface area contributed by atoms with E-state index in [1.165, 1.54) is 6.92 Å². The van der Waals surface area contributed by atoms with E-state index in [9.17, 15) is 24.3 Å². The molecule has 3 amide bonds. The maximum Gasteiger partial charge on any atom is 0.326 e. The minimum absolute atomic E-state index is 0.0981. The first-order chi connectivity index (χ1) is 15.6. The molecule has 0 aromatic rings. The summed E-state index contributed by atoms with van der Waals surface area (Å²) in [5.41, 5.74) is 16.0. The molecule has 1 aliphatic heterocycles. The predicted molar refractivity (Wildman–Crippen MR) is 123 cm³/mol. The molecule has 0 saturated carbocycles. The zero-order chi connectivity index (χ0) is 24.8. The quantitative estimate of drug-likeness (QED) is 0.0716. The SMILES string of the molecule is CC(NC(=O)C(CCCCN)NC(=O)C1CCCN1)C(=O)NC(CCCN=C(N)N)C(=O)O. The van der Waals surface area contributed by atoms with E-state index in [4.69, 9.17) is 17.2 Å². The number of rotatable bonds is 15. The first kappa shape index (κ1) is 28.1. The zero-order valence-corrected chi connectivity index (χ0v) is 19.1. The van der Waals surface area contributed by atoms with Gasteiger partial charge in [-0.3, -0.25) is 19.4 Å². The highest BCUT2D eigenvalue weighted by Gasteiger charge is 2.29. The molecule has 0 aromatic carbocycles. The van der Waals surface area contributed by atoms with Gasteiger partial charge in [-0.2, -0.15) is 0 Å². The van der Waals surface area contributed by atoms with Crippen molar-refractivity contribution in [1.82, 2.24) is 21.3 Å². The van der Waals surface area contributed by atoms with Crippen LogP contribution in [0.5, 0.6) is 0 Å². The van der Waals surface area contributed by atoms with Crippen molar-refractivity contribution < 1.29 is 24.3 Å². The number of carbonyl (C=O) groups is 4. The van der Waals surface area contributed by atoms with Gasteiger partial charge in [-0.15, -0.1) is 0 Å². The lowest BCUT2D eigenvalue weighted by molar-refractivity contribution is -0.142. The van der Waals surface area contributed by atoms with Gasteiger partial charge < -0.3 is 43.6 Å². The third-order valence-electron chi connectivity index (χ3n) is 5.27. The molecule has 1 rings (SSSR count). The van der Waals surface area contributed by atoms with Gasteiger partial charge in [-0.1, -0.05) is 0 Å². The number of aliphatic carboxylic acids is 1. The van der Waals surface area contributed by atoms with Crippen LogP contribution in [0.25, 0.3) is 0 Å². The Hall–Kier alpha value is -2.93. The van der Waals surface area contributed by atoms with Gasteiger partial charge in [0, 0.05) is 6.54 Å². The van der Waals surface area contributed by atoms with Gasteiger partial charge >= 0.3 is 5.97 Å². The third-order valence-corrected chi connectivity index (χ3v) is 5.27. The smallest absolute Gasteiger partial charge is 0.326 e. The van der Waals surface area contributed by atoms with E-state index in [-0.39, 0.29) is 30.9 Å². The van der Waals surface area contributed by atoms with Crippen molar-refractivity contribution >= 4 is 29.7 Å². The number of hydrogen-bond donors (Lipinski definition) is 8. The van der Waals surface area contributed by atoms with E-state index in [2.05, 4.69) is 26.3 Å². The number of amides is 3. The Morgan fingerprint density at radius 2 is 1.73 bits per heavy atom. The molecular formula is C20H38N8O5. The van der Waals surface area contributed by atoms with Gasteiger partial charge in [0.1, 0.15) is 18.1 Å². The zero-order valence-electron chi connectivity index (χ0n) is 19.1. The summed E-state index contributed by atoms with van der Waals surface area (Å²) in [5.74, 6) is -2.73. The second-order valence-electron chi connectivity index (χ2n) is 8.07. The molecule has 0 aromatic heterocycles. The molecule has 0 spiro atoms. The Kier molecular flexibility index (Phi) is 12.8. The maximum atomic E-state index is 12.8. The normalized spacial score (nSPS) is 17.9. The number of carboxylic acids is 1. The second kappa shape index (κ2) is 15.0. The molecule has 1 saturated heterocycles. The average Bonchev–Trinajstić information content (AvgIpc) is 3.29. The molecular weight excluding hydrogens is 432 g/mol. The minimum atomic E-state index is -1.21. The second-order valence-corrected chi connectivity index (χ2v) is 8.07. The van der Waals surface area contributed by atoms with Crippen LogP contribution in [0, 0.1) is 0 Å². The van der Waals surface area contributed by atoms with Crippen molar-refractivity contribution in [2.24, 2.45) is 22.2 Å². The number of carboxylic acid groups (broad SMARTS) is 1. The average molecular weight is 471 g/mol. The van der Waals surface area contributed by atoms with E-state index in [0.717, 1.165) is 13.0 Å². The van der Waals surface area contributed by atoms with Crippen molar-refractivity contribution in [3.63, 3.8) is 0 Å². The summed E-state index contributed by atoms with van der Waals surface area (Å²) < 4.78 is 0. The highest BCUT2D eigenvalue weighted by molar-refractivity contribution is 5.94. The van der Waals surface area contributed by atoms with E-state index in [1.54, 1.807) is 0 Å². The van der Waals surface area contributed by atoms with Crippen LogP contribution in [0.2, 0.25) is 0 Å². The van der Waals surface area contributed by atoms with E-state index in [1.807, 2.05) is 0 Å². The number of nitrogens with one attached hydrogen (secondary N) is 4. The van der Waals surface area contributed by atoms with Crippen LogP contribution in [-0.4, -0.2) is 78.6 Å². The first-order valence-electron chi connectivity index (χ1n) is 11.3. The molecule has 1 fully saturated rings. The lowest BCUT2D eigenvalue weighted by Crippen LogP contribution is -2.56. The standard InChI is InChI=1S/C20H38N8O5/c1-12(16(29)28-15(19(32)33)8-5-11-25-20(22)23)26-18(31)14(6-2-3-9-21)27-17(30)13-7-4-10-24-13/h12-15,24H,2-11,21H2,1H3,(H,26,31)(H,27,30)(H,28,29)(H,32,33)(H4,22,23,25). The number of nitrogens with zero attached hydrogens (tertiary/aromatic N) is 1. The summed E-state index contributed by atoms with van der Waals surface area (Å²) in [6.07, 6.45) is 3.74. The lowest BCUT2D eigenvalue weighted by atomic mass is 10.1. The van der Waals surface area contributed by atoms with Crippen LogP contribution in [0.15, 0.2) is 4.99 Å². The number of unbranched alkanes of at least 4 members (excludes halogenated alkanes) is 1. The first-order valence-corrected chi connectivity index (χ1v) is 11.3. The summed E-state index contributed by atoms with van der Waals surface area (Å²) >= 11 is 0. The van der Waals surface area contributed by atoms with Crippen molar-refractivity contribution in [1.29, 1.82) is 0 Å². The van der Waals surface area contributed by atoms with Crippen LogP contribution < -0.4 is 38.5 Å². The van der Waals surface area contributed by atoms with Gasteiger partial charge in [-0.25, -0.2) is 4.79 Å². The lowest BCUT2D eigenvalue weighted by Gasteiger charge is -2.23. The van der Waals surface area contributed by atoms with Crippen molar-refractivity contribution in [2.75, 3.05) is 19.6 Å². The number of guanidine groups is 1. The Morgan fingerprint density at radius 3 is 2.30 bits per heavy atom. The summed E-state index contributed by atoms with van der Waals surface area (Å²) in [4.78, 5) is 52.9. The fourth-order valence-electron chi connectivity index (χ4n) is 3.38. The van der Waals surface area contributed by atoms with Crippen molar-refractivity contribution in [2.45, 2.75) is 76.0 Å².